The first-order chi connectivity index (χ1) is 12.9. The van der Waals surface area contributed by atoms with E-state index in [2.05, 4.69) is 31.3 Å². The van der Waals surface area contributed by atoms with Crippen LogP contribution in [0.2, 0.25) is 0 Å². The van der Waals surface area contributed by atoms with Gasteiger partial charge in [0.15, 0.2) is 0 Å². The van der Waals surface area contributed by atoms with Gasteiger partial charge in [-0.3, -0.25) is 15.1 Å². The summed E-state index contributed by atoms with van der Waals surface area (Å²) in [4.78, 5) is 18.1. The third kappa shape index (κ3) is 2.86. The Morgan fingerprint density at radius 2 is 2.11 bits per heavy atom. The molecule has 27 heavy (non-hydrogen) atoms. The molecule has 3 fully saturated rings. The molecule has 148 valence electrons. The predicted octanol–water partition coefficient (Wildman–Crippen LogP) is 3.43. The second-order valence-corrected chi connectivity index (χ2v) is 9.77. The van der Waals surface area contributed by atoms with Crippen molar-refractivity contribution in [3.8, 4) is 12.3 Å². The summed E-state index contributed by atoms with van der Waals surface area (Å²) < 4.78 is 0. The number of nitrogens with two attached hydrogens (primary N) is 1. The van der Waals surface area contributed by atoms with E-state index in [1.165, 1.54) is 6.42 Å². The number of rotatable bonds is 4. The normalized spacial score (nSPS) is 45.9. The number of hydrogen-bond acceptors (Lipinski definition) is 4. The number of hydrogen-bond donors (Lipinski definition) is 2. The predicted molar refractivity (Wildman–Crippen MR) is 106 cm³/mol. The molecule has 7 atom stereocenters. The number of hydroxylamine groups is 1. The highest BCUT2D eigenvalue weighted by Crippen LogP contribution is 2.66. The van der Waals surface area contributed by atoms with Crippen LogP contribution in [0.5, 0.6) is 0 Å². The highest BCUT2D eigenvalue weighted by atomic mass is 16.6. The van der Waals surface area contributed by atoms with Crippen molar-refractivity contribution in [1.82, 2.24) is 5.48 Å². The molecular formula is C23H34N2O2. The zero-order chi connectivity index (χ0) is 19.2. The van der Waals surface area contributed by atoms with Crippen LogP contribution >= 0.6 is 0 Å². The molecule has 3 N–H and O–H groups in total. The summed E-state index contributed by atoms with van der Waals surface area (Å²) in [5.41, 5.74) is 9.92. The minimum Gasteiger partial charge on any atom is -0.328 e. The van der Waals surface area contributed by atoms with Crippen LogP contribution < -0.4 is 11.2 Å². The topological polar surface area (TPSA) is 64.3 Å². The molecule has 0 saturated heterocycles. The number of carbonyl (C=O) groups excluding carboxylic acids is 1. The van der Waals surface area contributed by atoms with Crippen molar-refractivity contribution in [2.75, 3.05) is 13.2 Å². The van der Waals surface area contributed by atoms with Gasteiger partial charge in [-0.1, -0.05) is 19.9 Å². The quantitative estimate of drug-likeness (QED) is 0.452. The minimum absolute atomic E-state index is 0.0865. The highest BCUT2D eigenvalue weighted by molar-refractivity contribution is 5.87. The van der Waals surface area contributed by atoms with Crippen molar-refractivity contribution in [1.29, 1.82) is 0 Å². The summed E-state index contributed by atoms with van der Waals surface area (Å²) in [6, 6.07) is 0. The molecule has 4 rings (SSSR count). The van der Waals surface area contributed by atoms with Crippen LogP contribution in [-0.2, 0) is 9.63 Å². The molecule has 0 bridgehead atoms. The van der Waals surface area contributed by atoms with Gasteiger partial charge in [-0.05, 0) is 67.6 Å². The van der Waals surface area contributed by atoms with Gasteiger partial charge in [0.25, 0.3) is 0 Å². The average molecular weight is 371 g/mol. The SMILES string of the molecule is C#CC1C[C@@H]2[C@@H](CC[C@]3(C)C(=O)CC[C@@H]23)[C@@]2(C)CCC(NOCCN)=CC12. The highest BCUT2D eigenvalue weighted by Gasteiger charge is 2.61. The van der Waals surface area contributed by atoms with Gasteiger partial charge < -0.3 is 5.73 Å². The molecule has 4 aliphatic carbocycles. The Morgan fingerprint density at radius 1 is 1.30 bits per heavy atom. The lowest BCUT2D eigenvalue weighted by atomic mass is 9.44. The fourth-order valence-corrected chi connectivity index (χ4v) is 7.17. The number of fused-ring (bicyclic) bond motifs is 5. The van der Waals surface area contributed by atoms with Crippen LogP contribution in [0.25, 0.3) is 0 Å². The van der Waals surface area contributed by atoms with E-state index in [0.29, 0.717) is 42.6 Å². The molecule has 0 heterocycles. The largest absolute Gasteiger partial charge is 0.328 e. The molecule has 4 aliphatic rings. The number of nitrogens with one attached hydrogen (secondary N) is 1. The van der Waals surface area contributed by atoms with Gasteiger partial charge >= 0.3 is 0 Å². The zero-order valence-electron chi connectivity index (χ0n) is 16.8. The van der Waals surface area contributed by atoms with Crippen LogP contribution in [0.3, 0.4) is 0 Å². The van der Waals surface area contributed by atoms with E-state index in [1.54, 1.807) is 0 Å². The molecule has 0 aromatic carbocycles. The Morgan fingerprint density at radius 3 is 2.85 bits per heavy atom. The first-order valence-corrected chi connectivity index (χ1v) is 10.7. The summed E-state index contributed by atoms with van der Waals surface area (Å²) in [5, 5.41) is 0. The summed E-state index contributed by atoms with van der Waals surface area (Å²) in [6.45, 7) is 5.72. The third-order valence-corrected chi connectivity index (χ3v) is 8.67. The Bertz CT molecular complexity index is 680. The van der Waals surface area contributed by atoms with Crippen LogP contribution in [-0.4, -0.2) is 18.9 Å². The molecule has 4 nitrogen and oxygen atoms in total. The zero-order valence-corrected chi connectivity index (χ0v) is 16.8. The molecule has 3 saturated carbocycles. The lowest BCUT2D eigenvalue weighted by Crippen LogP contribution is -2.55. The maximum Gasteiger partial charge on any atom is 0.139 e. The van der Waals surface area contributed by atoms with E-state index in [0.717, 1.165) is 44.2 Å². The van der Waals surface area contributed by atoms with E-state index in [9.17, 15) is 4.79 Å². The fraction of sp³-hybridized carbons (Fsp3) is 0.783. The van der Waals surface area contributed by atoms with Crippen LogP contribution in [0, 0.1) is 52.8 Å². The van der Waals surface area contributed by atoms with Crippen LogP contribution in [0.4, 0.5) is 0 Å². The first-order valence-electron chi connectivity index (χ1n) is 10.7. The summed E-state index contributed by atoms with van der Waals surface area (Å²) in [7, 11) is 0. The van der Waals surface area contributed by atoms with E-state index < -0.39 is 0 Å². The molecular weight excluding hydrogens is 336 g/mol. The van der Waals surface area contributed by atoms with E-state index in [4.69, 9.17) is 17.0 Å². The van der Waals surface area contributed by atoms with E-state index in [-0.39, 0.29) is 16.7 Å². The van der Waals surface area contributed by atoms with Crippen molar-refractivity contribution in [2.24, 2.45) is 46.2 Å². The monoisotopic (exact) mass is 370 g/mol. The van der Waals surface area contributed by atoms with Gasteiger partial charge in [0.1, 0.15) is 5.78 Å². The minimum atomic E-state index is -0.0865. The molecule has 4 heteroatoms. The van der Waals surface area contributed by atoms with Gasteiger partial charge in [0, 0.05) is 30.0 Å². The average Bonchev–Trinajstić information content (AvgIpc) is 2.96. The Kier molecular flexibility index (Phi) is 4.89. The molecule has 0 aliphatic heterocycles. The van der Waals surface area contributed by atoms with Crippen LogP contribution in [0.15, 0.2) is 11.8 Å². The van der Waals surface area contributed by atoms with Gasteiger partial charge in [-0.15, -0.1) is 12.3 Å². The van der Waals surface area contributed by atoms with E-state index >= 15 is 0 Å². The maximum absolute atomic E-state index is 12.6. The maximum atomic E-state index is 12.6. The molecule has 0 amide bonds. The lowest BCUT2D eigenvalue weighted by molar-refractivity contribution is -0.137. The van der Waals surface area contributed by atoms with Crippen molar-refractivity contribution < 1.29 is 9.63 Å². The van der Waals surface area contributed by atoms with E-state index in [1.807, 2.05) is 0 Å². The van der Waals surface area contributed by atoms with Crippen molar-refractivity contribution in [3.05, 3.63) is 11.8 Å². The molecule has 0 aromatic rings. The van der Waals surface area contributed by atoms with Crippen molar-refractivity contribution >= 4 is 5.78 Å². The number of ketones is 1. The Labute approximate surface area is 163 Å². The second-order valence-electron chi connectivity index (χ2n) is 9.77. The fourth-order valence-electron chi connectivity index (χ4n) is 7.17. The van der Waals surface area contributed by atoms with Crippen molar-refractivity contribution in [2.45, 2.75) is 58.8 Å². The van der Waals surface area contributed by atoms with Gasteiger partial charge in [-0.2, -0.15) is 0 Å². The number of allylic oxidation sites excluding steroid dienone is 2. The van der Waals surface area contributed by atoms with Crippen LogP contribution in [0.1, 0.15) is 58.8 Å². The Hall–Kier alpha value is -1.31. The molecule has 0 spiro atoms. The Balaban J connectivity index is 1.61. The molecule has 2 unspecified atom stereocenters. The number of terminal acetylenes is 1. The summed E-state index contributed by atoms with van der Waals surface area (Å²) in [6.07, 6.45) is 15.7. The molecule has 0 aromatic heterocycles. The van der Waals surface area contributed by atoms with Gasteiger partial charge in [0.2, 0.25) is 0 Å². The standard InChI is InChI=1S/C23H34N2O2/c1-4-15-13-17-18-5-6-21(26)23(18,3)10-8-19(17)22(2)9-7-16(14-20(15)22)25-27-12-11-24/h1,14-15,17-20,25H,5-13,24H2,2-3H3/t15?,17-,18-,19+,20?,22+,23-/m0/s1. The second kappa shape index (κ2) is 6.94. The van der Waals surface area contributed by atoms with Gasteiger partial charge in [0.05, 0.1) is 6.61 Å². The van der Waals surface area contributed by atoms with Crippen molar-refractivity contribution in [3.63, 3.8) is 0 Å². The summed E-state index contributed by atoms with van der Waals surface area (Å²) >= 11 is 0. The lowest BCUT2D eigenvalue weighted by Gasteiger charge is -2.60. The number of carbonyl (C=O) groups is 1. The first kappa shape index (κ1) is 19.0. The number of Topliss-reactive ketones (excluding diaryl/α,β-unsaturated/α-hetero) is 1. The summed E-state index contributed by atoms with van der Waals surface area (Å²) in [5.74, 6) is 6.10. The molecule has 0 radical (unpaired) electrons. The third-order valence-electron chi connectivity index (χ3n) is 8.67. The smallest absolute Gasteiger partial charge is 0.139 e. The van der Waals surface area contributed by atoms with Gasteiger partial charge in [-0.25, -0.2) is 0 Å².